The molecule has 0 radical (unpaired) electrons. The number of benzene rings is 1. The average molecular weight is 347 g/mol. The van der Waals surface area contributed by atoms with E-state index in [1.807, 2.05) is 0 Å². The van der Waals surface area contributed by atoms with Gasteiger partial charge in [-0.25, -0.2) is 8.42 Å². The number of aromatic nitrogens is 2. The highest BCUT2D eigenvalue weighted by molar-refractivity contribution is 7.94. The van der Waals surface area contributed by atoms with E-state index in [2.05, 4.69) is 14.9 Å². The highest BCUT2D eigenvalue weighted by Gasteiger charge is 2.18. The van der Waals surface area contributed by atoms with Crippen LogP contribution in [0.25, 0.3) is 10.6 Å². The van der Waals surface area contributed by atoms with Gasteiger partial charge in [0, 0.05) is 17.4 Å². The summed E-state index contributed by atoms with van der Waals surface area (Å²) in [6.07, 6.45) is 1.61. The molecule has 0 spiro atoms. The minimum atomic E-state index is -3.67. The molecule has 0 aliphatic heterocycles. The Morgan fingerprint density at radius 2 is 1.87 bits per heavy atom. The van der Waals surface area contributed by atoms with Crippen molar-refractivity contribution in [3.05, 3.63) is 54.2 Å². The summed E-state index contributed by atoms with van der Waals surface area (Å²) in [4.78, 5) is 12.0. The lowest BCUT2D eigenvalue weighted by Crippen LogP contribution is -2.11. The number of carbonyl (C=O) groups excluding carboxylic acids is 1. The van der Waals surface area contributed by atoms with E-state index < -0.39 is 10.0 Å². The second-order valence-corrected chi connectivity index (χ2v) is 7.82. The number of hydrogen-bond donors (Lipinski definition) is 2. The highest BCUT2D eigenvalue weighted by Crippen LogP contribution is 2.30. The quantitative estimate of drug-likeness (QED) is 0.694. The third-order valence-corrected chi connectivity index (χ3v) is 6.15. The number of carbonyl (C=O) groups is 1. The van der Waals surface area contributed by atoms with Crippen molar-refractivity contribution < 1.29 is 13.2 Å². The molecule has 2 N–H and O–H groups in total. The van der Waals surface area contributed by atoms with Crippen LogP contribution < -0.4 is 4.72 Å². The summed E-state index contributed by atoms with van der Waals surface area (Å²) in [5.41, 5.74) is 1.71. The van der Waals surface area contributed by atoms with Crippen molar-refractivity contribution >= 4 is 32.8 Å². The van der Waals surface area contributed by atoms with E-state index in [1.165, 1.54) is 6.92 Å². The maximum Gasteiger partial charge on any atom is 0.271 e. The number of Topliss-reactive ketones (excluding diaryl/α,β-unsaturated/α-hetero) is 1. The molecule has 0 aliphatic carbocycles. The minimum absolute atomic E-state index is 0.0677. The van der Waals surface area contributed by atoms with Crippen LogP contribution in [0, 0.1) is 0 Å². The molecule has 23 heavy (non-hydrogen) atoms. The summed E-state index contributed by atoms with van der Waals surface area (Å²) in [7, 11) is -3.67. The number of ketones is 1. The summed E-state index contributed by atoms with van der Waals surface area (Å²) in [6.45, 7) is 1.46. The molecule has 0 saturated carbocycles. The van der Waals surface area contributed by atoms with Crippen molar-refractivity contribution in [1.29, 1.82) is 0 Å². The molecule has 2 aromatic heterocycles. The number of aromatic amines is 1. The Kier molecular flexibility index (Phi) is 4.01. The largest absolute Gasteiger partial charge is 0.295 e. The van der Waals surface area contributed by atoms with E-state index in [-0.39, 0.29) is 9.99 Å². The summed E-state index contributed by atoms with van der Waals surface area (Å²) in [5, 5.41) is 6.65. The first kappa shape index (κ1) is 15.4. The zero-order valence-electron chi connectivity index (χ0n) is 12.1. The first-order valence-electron chi connectivity index (χ1n) is 6.69. The van der Waals surface area contributed by atoms with Crippen molar-refractivity contribution in [3.63, 3.8) is 0 Å². The van der Waals surface area contributed by atoms with E-state index >= 15 is 0 Å². The number of sulfonamides is 1. The maximum absolute atomic E-state index is 12.4. The van der Waals surface area contributed by atoms with Crippen molar-refractivity contribution in [2.75, 3.05) is 4.72 Å². The fourth-order valence-corrected chi connectivity index (χ4v) is 4.32. The summed E-state index contributed by atoms with van der Waals surface area (Å²) in [5.74, 6) is -0.0677. The van der Waals surface area contributed by atoms with Gasteiger partial charge in [0.15, 0.2) is 5.78 Å². The van der Waals surface area contributed by atoms with Gasteiger partial charge in [-0.1, -0.05) is 0 Å². The zero-order valence-corrected chi connectivity index (χ0v) is 13.7. The molecule has 0 aliphatic rings. The summed E-state index contributed by atoms with van der Waals surface area (Å²) < 4.78 is 27.5. The lowest BCUT2D eigenvalue weighted by atomic mass is 10.1. The van der Waals surface area contributed by atoms with E-state index in [1.54, 1.807) is 48.7 Å². The van der Waals surface area contributed by atoms with E-state index in [0.717, 1.165) is 21.9 Å². The van der Waals surface area contributed by atoms with E-state index in [9.17, 15) is 13.2 Å². The highest BCUT2D eigenvalue weighted by atomic mass is 32.2. The van der Waals surface area contributed by atoms with Gasteiger partial charge in [0.2, 0.25) is 0 Å². The molecule has 6 nitrogen and oxygen atoms in total. The first-order chi connectivity index (χ1) is 11.0. The Hall–Kier alpha value is -2.45. The number of H-pyrrole nitrogens is 1. The second kappa shape index (κ2) is 5.98. The molecule has 0 atom stereocenters. The van der Waals surface area contributed by atoms with Crippen molar-refractivity contribution in [3.8, 4) is 10.6 Å². The molecule has 2 heterocycles. The van der Waals surface area contributed by atoms with Gasteiger partial charge in [-0.15, -0.1) is 11.3 Å². The van der Waals surface area contributed by atoms with Crippen LogP contribution in [0.5, 0.6) is 0 Å². The summed E-state index contributed by atoms with van der Waals surface area (Å²) >= 11 is 1.15. The monoisotopic (exact) mass is 347 g/mol. The Morgan fingerprint density at radius 3 is 2.48 bits per heavy atom. The lowest BCUT2D eigenvalue weighted by molar-refractivity contribution is 0.101. The number of nitrogens with one attached hydrogen (secondary N) is 2. The molecule has 0 amide bonds. The van der Waals surface area contributed by atoms with E-state index in [4.69, 9.17) is 0 Å². The molecule has 0 bridgehead atoms. The second-order valence-electron chi connectivity index (χ2n) is 4.83. The lowest BCUT2D eigenvalue weighted by Gasteiger charge is -2.06. The molecule has 0 unspecified atom stereocenters. The van der Waals surface area contributed by atoms with Crippen LogP contribution in [-0.2, 0) is 10.0 Å². The average Bonchev–Trinajstić information content (AvgIpc) is 3.19. The Labute approximate surface area is 137 Å². The third kappa shape index (κ3) is 3.33. The molecule has 0 saturated heterocycles. The fourth-order valence-electron chi connectivity index (χ4n) is 1.98. The van der Waals surface area contributed by atoms with Crippen LogP contribution >= 0.6 is 11.3 Å². The Morgan fingerprint density at radius 1 is 1.13 bits per heavy atom. The van der Waals surface area contributed by atoms with Crippen LogP contribution in [0.3, 0.4) is 0 Å². The Balaban J connectivity index is 1.83. The van der Waals surface area contributed by atoms with Gasteiger partial charge in [-0.2, -0.15) is 5.10 Å². The van der Waals surface area contributed by atoms with Crippen LogP contribution in [-0.4, -0.2) is 24.4 Å². The number of thiophene rings is 1. The van der Waals surface area contributed by atoms with E-state index in [0.29, 0.717) is 11.3 Å². The number of nitrogens with zero attached hydrogens (tertiary/aromatic N) is 1. The molecular formula is C15H13N3O3S2. The molecule has 0 fully saturated rings. The Bertz CT molecular complexity index is 927. The number of rotatable bonds is 5. The van der Waals surface area contributed by atoms with Crippen LogP contribution in [0.4, 0.5) is 5.69 Å². The molecule has 1 aromatic carbocycles. The first-order valence-corrected chi connectivity index (χ1v) is 8.99. The third-order valence-electron chi connectivity index (χ3n) is 3.16. The fraction of sp³-hybridized carbons (Fsp3) is 0.0667. The van der Waals surface area contributed by atoms with Gasteiger partial charge in [-0.3, -0.25) is 14.6 Å². The summed E-state index contributed by atoms with van der Waals surface area (Å²) in [6, 6.07) is 11.4. The van der Waals surface area contributed by atoms with Gasteiger partial charge in [0.1, 0.15) is 4.21 Å². The molecule has 3 rings (SSSR count). The predicted octanol–water partition coefficient (Wildman–Crippen LogP) is 3.14. The maximum atomic E-state index is 12.4. The van der Waals surface area contributed by atoms with Crippen LogP contribution in [0.15, 0.2) is 52.9 Å². The molecule has 8 heteroatoms. The number of hydrogen-bond acceptors (Lipinski definition) is 5. The normalized spacial score (nSPS) is 11.3. The van der Waals surface area contributed by atoms with Crippen molar-refractivity contribution in [2.24, 2.45) is 0 Å². The van der Waals surface area contributed by atoms with Gasteiger partial charge in [0.05, 0.1) is 10.6 Å². The van der Waals surface area contributed by atoms with Gasteiger partial charge in [0.25, 0.3) is 10.0 Å². The topological polar surface area (TPSA) is 91.9 Å². The standard InChI is InChI=1S/C15H13N3O3S2/c1-10(19)11-2-4-12(5-3-11)18-23(20,21)15-7-6-14(22-15)13-8-9-16-17-13/h2-9,18H,1H3,(H,16,17). The molecule has 118 valence electrons. The zero-order chi connectivity index (χ0) is 16.4. The molecule has 3 aromatic rings. The minimum Gasteiger partial charge on any atom is -0.295 e. The van der Waals surface area contributed by atoms with Gasteiger partial charge >= 0.3 is 0 Å². The van der Waals surface area contributed by atoms with Crippen LogP contribution in [0.2, 0.25) is 0 Å². The SMILES string of the molecule is CC(=O)c1ccc(NS(=O)(=O)c2ccc(-c3ccn[nH]3)s2)cc1. The van der Waals surface area contributed by atoms with Crippen molar-refractivity contribution in [2.45, 2.75) is 11.1 Å². The molecular weight excluding hydrogens is 334 g/mol. The van der Waals surface area contributed by atoms with Crippen molar-refractivity contribution in [1.82, 2.24) is 10.2 Å². The van der Waals surface area contributed by atoms with Gasteiger partial charge < -0.3 is 0 Å². The predicted molar refractivity (Wildman–Crippen MR) is 89.2 cm³/mol. The van der Waals surface area contributed by atoms with Gasteiger partial charge in [-0.05, 0) is 49.4 Å². The number of anilines is 1. The van der Waals surface area contributed by atoms with Crippen LogP contribution in [0.1, 0.15) is 17.3 Å². The smallest absolute Gasteiger partial charge is 0.271 e.